The predicted molar refractivity (Wildman–Crippen MR) is 43.4 cm³/mol. The van der Waals surface area contributed by atoms with Gasteiger partial charge in [-0.3, -0.25) is 0 Å². The molecule has 0 unspecified atom stereocenters. The third-order valence-electron chi connectivity index (χ3n) is 0.904. The molecule has 0 aromatic heterocycles. The molecule has 9 heavy (non-hydrogen) atoms. The zero-order chi connectivity index (χ0) is 7.28. The smallest absolute Gasteiger partial charge is 0.0398 e. The molecule has 0 fully saturated rings. The lowest BCUT2D eigenvalue weighted by Crippen LogP contribution is -1.68. The Morgan fingerprint density at radius 1 is 1.33 bits per heavy atom. The Morgan fingerprint density at radius 3 is 2.22 bits per heavy atom. The first-order chi connectivity index (χ1) is 4.16. The van der Waals surface area contributed by atoms with E-state index in [2.05, 4.69) is 25.7 Å². The maximum absolute atomic E-state index is 3.77. The van der Waals surface area contributed by atoms with Gasteiger partial charge in [0.2, 0.25) is 0 Å². The molecule has 0 aliphatic heterocycles. The van der Waals surface area contributed by atoms with Crippen LogP contribution in [0.5, 0.6) is 0 Å². The van der Waals surface area contributed by atoms with E-state index in [9.17, 15) is 0 Å². The van der Waals surface area contributed by atoms with Crippen LogP contribution in [0.3, 0.4) is 0 Å². The monoisotopic (exact) mass is 122 g/mol. The minimum atomic E-state index is 1.10. The van der Waals surface area contributed by atoms with Crippen molar-refractivity contribution in [3.05, 3.63) is 36.0 Å². The highest BCUT2D eigenvalue weighted by molar-refractivity contribution is 5.24. The second kappa shape index (κ2) is 4.13. The number of rotatable bonds is 2. The molecule has 0 aliphatic carbocycles. The van der Waals surface area contributed by atoms with E-state index in [0.29, 0.717) is 0 Å². The van der Waals surface area contributed by atoms with Crippen molar-refractivity contribution >= 4 is 0 Å². The normalized spacial score (nSPS) is 12.6. The summed E-state index contributed by atoms with van der Waals surface area (Å²) in [7, 11) is 0. The van der Waals surface area contributed by atoms with Gasteiger partial charge in [0.15, 0.2) is 0 Å². The van der Waals surface area contributed by atoms with Crippen LogP contribution in [0.2, 0.25) is 0 Å². The molecule has 0 nitrogen and oxygen atoms in total. The van der Waals surface area contributed by atoms with Crippen molar-refractivity contribution in [2.24, 2.45) is 0 Å². The molecule has 0 amide bonds. The summed E-state index contributed by atoms with van der Waals surface area (Å²) in [5.41, 5.74) is 2.36. The van der Waals surface area contributed by atoms with Gasteiger partial charge < -0.3 is 0 Å². The molecule has 0 spiro atoms. The van der Waals surface area contributed by atoms with Crippen LogP contribution >= 0.6 is 0 Å². The van der Waals surface area contributed by atoms with Gasteiger partial charge in [0, 0.05) is 0 Å². The van der Waals surface area contributed by atoms with Crippen molar-refractivity contribution in [1.29, 1.82) is 0 Å². The van der Waals surface area contributed by atoms with Gasteiger partial charge in [-0.15, -0.1) is 0 Å². The SMILES string of the molecule is C=C(C)/C=C(C)\C=C\C. The number of hydrogen-bond donors (Lipinski definition) is 0. The van der Waals surface area contributed by atoms with E-state index in [1.807, 2.05) is 19.9 Å². The Hall–Kier alpha value is -0.780. The van der Waals surface area contributed by atoms with E-state index in [0.717, 1.165) is 5.57 Å². The van der Waals surface area contributed by atoms with Gasteiger partial charge in [0.1, 0.15) is 0 Å². The summed E-state index contributed by atoms with van der Waals surface area (Å²) in [6.07, 6.45) is 6.14. The highest BCUT2D eigenvalue weighted by atomic mass is 13.8. The Kier molecular flexibility index (Phi) is 3.78. The first-order valence-corrected chi connectivity index (χ1v) is 3.13. The summed E-state index contributed by atoms with van der Waals surface area (Å²) < 4.78 is 0. The quantitative estimate of drug-likeness (QED) is 0.494. The average molecular weight is 122 g/mol. The third-order valence-corrected chi connectivity index (χ3v) is 0.904. The summed E-state index contributed by atoms with van der Waals surface area (Å²) in [5, 5.41) is 0. The van der Waals surface area contributed by atoms with E-state index in [1.165, 1.54) is 5.57 Å². The Labute approximate surface area is 57.6 Å². The molecule has 0 rings (SSSR count). The van der Waals surface area contributed by atoms with Gasteiger partial charge in [0.25, 0.3) is 0 Å². The summed E-state index contributed by atoms with van der Waals surface area (Å²) in [5.74, 6) is 0. The van der Waals surface area contributed by atoms with Crippen molar-refractivity contribution in [3.63, 3.8) is 0 Å². The predicted octanol–water partition coefficient (Wildman–Crippen LogP) is 3.08. The maximum Gasteiger partial charge on any atom is -0.0398 e. The van der Waals surface area contributed by atoms with E-state index in [1.54, 1.807) is 0 Å². The molecule has 0 N–H and O–H groups in total. The van der Waals surface area contributed by atoms with Crippen molar-refractivity contribution in [3.8, 4) is 0 Å². The van der Waals surface area contributed by atoms with Gasteiger partial charge in [-0.25, -0.2) is 0 Å². The fourth-order valence-electron chi connectivity index (χ4n) is 0.700. The Balaban J connectivity index is 4.00. The molecule has 0 radical (unpaired) electrons. The van der Waals surface area contributed by atoms with Gasteiger partial charge in [-0.05, 0) is 20.8 Å². The zero-order valence-electron chi connectivity index (χ0n) is 6.44. The van der Waals surface area contributed by atoms with Gasteiger partial charge in [-0.1, -0.05) is 36.0 Å². The summed E-state index contributed by atoms with van der Waals surface area (Å²) >= 11 is 0. The van der Waals surface area contributed by atoms with E-state index < -0.39 is 0 Å². The van der Waals surface area contributed by atoms with Gasteiger partial charge in [-0.2, -0.15) is 0 Å². The average Bonchev–Trinajstić information content (AvgIpc) is 1.63. The van der Waals surface area contributed by atoms with E-state index in [-0.39, 0.29) is 0 Å². The Bertz CT molecular complexity index is 147. The molecule has 0 aliphatic rings. The molecule has 0 atom stereocenters. The fourth-order valence-corrected chi connectivity index (χ4v) is 0.700. The van der Waals surface area contributed by atoms with Crippen LogP contribution in [0, 0.1) is 0 Å². The molecular formula is C9H14. The lowest BCUT2D eigenvalue weighted by atomic mass is 10.2. The molecule has 0 aromatic carbocycles. The molecule has 0 saturated carbocycles. The third kappa shape index (κ3) is 5.09. The molecule has 0 heterocycles. The van der Waals surface area contributed by atoms with E-state index >= 15 is 0 Å². The van der Waals surface area contributed by atoms with Gasteiger partial charge >= 0.3 is 0 Å². The van der Waals surface area contributed by atoms with Crippen molar-refractivity contribution in [2.45, 2.75) is 20.8 Å². The Morgan fingerprint density at radius 2 is 1.89 bits per heavy atom. The van der Waals surface area contributed by atoms with Crippen LogP contribution in [0.25, 0.3) is 0 Å². The molecular weight excluding hydrogens is 108 g/mol. The first kappa shape index (κ1) is 8.22. The van der Waals surface area contributed by atoms with Crippen LogP contribution in [0.4, 0.5) is 0 Å². The minimum absolute atomic E-state index is 1.10. The van der Waals surface area contributed by atoms with Crippen LogP contribution in [0.1, 0.15) is 20.8 Å². The highest BCUT2D eigenvalue weighted by Gasteiger charge is 1.78. The minimum Gasteiger partial charge on any atom is -0.0961 e. The molecule has 50 valence electrons. The maximum atomic E-state index is 3.77. The first-order valence-electron chi connectivity index (χ1n) is 3.13. The van der Waals surface area contributed by atoms with Crippen molar-refractivity contribution < 1.29 is 0 Å². The molecule has 0 saturated heterocycles. The van der Waals surface area contributed by atoms with Crippen LogP contribution in [-0.2, 0) is 0 Å². The van der Waals surface area contributed by atoms with E-state index in [4.69, 9.17) is 0 Å². The van der Waals surface area contributed by atoms with Crippen LogP contribution in [0.15, 0.2) is 36.0 Å². The van der Waals surface area contributed by atoms with Crippen molar-refractivity contribution in [2.75, 3.05) is 0 Å². The standard InChI is InChI=1S/C9H14/c1-5-6-9(4)7-8(2)3/h5-7H,2H2,1,3-4H3/b6-5+,9-7-. The number of hydrogen-bond acceptors (Lipinski definition) is 0. The fraction of sp³-hybridized carbons (Fsp3) is 0.333. The van der Waals surface area contributed by atoms with Crippen molar-refractivity contribution in [1.82, 2.24) is 0 Å². The second-order valence-electron chi connectivity index (χ2n) is 2.23. The highest BCUT2D eigenvalue weighted by Crippen LogP contribution is 1.99. The molecule has 0 aromatic rings. The van der Waals surface area contributed by atoms with Crippen LogP contribution < -0.4 is 0 Å². The topological polar surface area (TPSA) is 0 Å². The second-order valence-corrected chi connectivity index (χ2v) is 2.23. The summed E-state index contributed by atoms with van der Waals surface area (Å²) in [4.78, 5) is 0. The zero-order valence-corrected chi connectivity index (χ0v) is 6.44. The van der Waals surface area contributed by atoms with Crippen LogP contribution in [-0.4, -0.2) is 0 Å². The largest absolute Gasteiger partial charge is 0.0961 e. The number of allylic oxidation sites excluding steroid dienone is 5. The van der Waals surface area contributed by atoms with Gasteiger partial charge in [0.05, 0.1) is 0 Å². The summed E-state index contributed by atoms with van der Waals surface area (Å²) in [6, 6.07) is 0. The molecule has 0 heteroatoms. The lowest BCUT2D eigenvalue weighted by molar-refractivity contribution is 1.44. The molecule has 0 bridgehead atoms. The summed E-state index contributed by atoms with van der Waals surface area (Å²) in [6.45, 7) is 9.83. The lowest BCUT2D eigenvalue weighted by Gasteiger charge is -1.89.